The molecule has 0 aliphatic carbocycles. The lowest BCUT2D eigenvalue weighted by atomic mass is 9.82. The Bertz CT molecular complexity index is 632. The molecule has 2 rings (SSSR count). The van der Waals surface area contributed by atoms with Crippen molar-refractivity contribution in [1.82, 2.24) is 14.4 Å². The molecule has 2 aromatic heterocycles. The smallest absolute Gasteiger partial charge is 0.235 e. The first-order valence-electron chi connectivity index (χ1n) is 8.17. The average molecular weight is 302 g/mol. The van der Waals surface area contributed by atoms with Crippen molar-refractivity contribution >= 4 is 11.6 Å². The molecule has 0 fully saturated rings. The first kappa shape index (κ1) is 16.8. The van der Waals surface area contributed by atoms with Crippen molar-refractivity contribution in [3.63, 3.8) is 0 Å². The second-order valence-electron chi connectivity index (χ2n) is 8.54. The summed E-state index contributed by atoms with van der Waals surface area (Å²) in [7, 11) is 0. The van der Waals surface area contributed by atoms with Gasteiger partial charge in [0.15, 0.2) is 0 Å². The van der Waals surface area contributed by atoms with Crippen LogP contribution in [0.3, 0.4) is 0 Å². The molecule has 0 saturated carbocycles. The van der Waals surface area contributed by atoms with Crippen LogP contribution in [0.1, 0.15) is 60.6 Å². The third-order valence-corrected chi connectivity index (χ3v) is 3.51. The maximum atomic E-state index is 4.72. The highest BCUT2D eigenvalue weighted by Crippen LogP contribution is 2.31. The molecule has 0 spiro atoms. The highest BCUT2D eigenvalue weighted by atomic mass is 15.2. The Kier molecular flexibility index (Phi) is 4.50. The van der Waals surface area contributed by atoms with E-state index in [0.717, 1.165) is 30.1 Å². The summed E-state index contributed by atoms with van der Waals surface area (Å²) in [5.74, 6) is 2.43. The van der Waals surface area contributed by atoms with Gasteiger partial charge in [-0.3, -0.25) is 4.40 Å². The van der Waals surface area contributed by atoms with Gasteiger partial charge in [0, 0.05) is 17.9 Å². The number of aromatic nitrogens is 3. The van der Waals surface area contributed by atoms with Crippen molar-refractivity contribution in [1.29, 1.82) is 0 Å². The summed E-state index contributed by atoms with van der Waals surface area (Å²) in [6.07, 6.45) is 5.87. The molecular formula is C18H30N4. The lowest BCUT2D eigenvalue weighted by Gasteiger charge is -2.34. The van der Waals surface area contributed by atoms with Gasteiger partial charge in [0.05, 0.1) is 5.69 Å². The highest BCUT2D eigenvalue weighted by molar-refractivity contribution is 5.53. The number of nitrogens with zero attached hydrogens (tertiary/aromatic N) is 3. The van der Waals surface area contributed by atoms with E-state index in [2.05, 4.69) is 63.2 Å². The zero-order chi connectivity index (χ0) is 16.5. The van der Waals surface area contributed by atoms with Crippen LogP contribution in [0.15, 0.2) is 18.5 Å². The minimum Gasteiger partial charge on any atom is -0.365 e. The van der Waals surface area contributed by atoms with Crippen molar-refractivity contribution in [3.8, 4) is 0 Å². The zero-order valence-electron chi connectivity index (χ0n) is 15.1. The minimum atomic E-state index is -0.00418. The second kappa shape index (κ2) is 5.90. The molecule has 0 atom stereocenters. The molecule has 4 nitrogen and oxygen atoms in total. The summed E-state index contributed by atoms with van der Waals surface area (Å²) in [4.78, 5) is 9.11. The third kappa shape index (κ3) is 4.21. The van der Waals surface area contributed by atoms with Crippen LogP contribution in [0, 0.1) is 11.3 Å². The molecule has 0 aliphatic rings. The van der Waals surface area contributed by atoms with Crippen molar-refractivity contribution < 1.29 is 0 Å². The molecule has 0 radical (unpaired) electrons. The molecule has 0 unspecified atom stereocenters. The fourth-order valence-corrected chi connectivity index (χ4v) is 3.29. The number of hydrogen-bond donors (Lipinski definition) is 1. The van der Waals surface area contributed by atoms with E-state index < -0.39 is 0 Å². The van der Waals surface area contributed by atoms with Crippen LogP contribution in [0.2, 0.25) is 0 Å². The van der Waals surface area contributed by atoms with Crippen LogP contribution in [-0.2, 0) is 6.42 Å². The van der Waals surface area contributed by atoms with Gasteiger partial charge in [-0.2, -0.15) is 0 Å². The first-order valence-corrected chi connectivity index (χ1v) is 8.17. The largest absolute Gasteiger partial charge is 0.365 e. The molecule has 0 aliphatic heterocycles. The molecular weight excluding hydrogens is 272 g/mol. The van der Waals surface area contributed by atoms with Gasteiger partial charge in [-0.1, -0.05) is 34.6 Å². The predicted octanol–water partition coefficient (Wildman–Crippen LogP) is 4.55. The number of rotatable bonds is 5. The van der Waals surface area contributed by atoms with Crippen LogP contribution in [-0.4, -0.2) is 19.9 Å². The number of anilines is 1. The van der Waals surface area contributed by atoms with Gasteiger partial charge in [-0.15, -0.1) is 0 Å². The Hall–Kier alpha value is -1.58. The van der Waals surface area contributed by atoms with Crippen LogP contribution in [0.25, 0.3) is 5.78 Å². The molecule has 0 bridgehead atoms. The van der Waals surface area contributed by atoms with E-state index in [4.69, 9.17) is 4.98 Å². The van der Waals surface area contributed by atoms with Gasteiger partial charge in [0.25, 0.3) is 0 Å². The fraction of sp³-hybridized carbons (Fsp3) is 0.667. The van der Waals surface area contributed by atoms with Crippen molar-refractivity contribution in [3.05, 3.63) is 24.2 Å². The Balaban J connectivity index is 2.40. The summed E-state index contributed by atoms with van der Waals surface area (Å²) in [6.45, 7) is 15.8. The molecule has 1 N–H and O–H groups in total. The highest BCUT2D eigenvalue weighted by Gasteiger charge is 2.27. The average Bonchev–Trinajstić information content (AvgIpc) is 2.63. The summed E-state index contributed by atoms with van der Waals surface area (Å²) in [6, 6.07) is 1.95. The summed E-state index contributed by atoms with van der Waals surface area (Å²) in [5.41, 5.74) is 1.37. The topological polar surface area (TPSA) is 42.2 Å². The molecule has 22 heavy (non-hydrogen) atoms. The zero-order valence-corrected chi connectivity index (χ0v) is 15.1. The first-order chi connectivity index (χ1) is 10.1. The van der Waals surface area contributed by atoms with Gasteiger partial charge in [-0.25, -0.2) is 9.97 Å². The molecule has 2 aromatic rings. The number of imidazole rings is 1. The van der Waals surface area contributed by atoms with Crippen molar-refractivity contribution in [2.24, 2.45) is 11.3 Å². The monoisotopic (exact) mass is 302 g/mol. The maximum absolute atomic E-state index is 4.72. The molecule has 0 aromatic carbocycles. The van der Waals surface area contributed by atoms with E-state index in [1.807, 2.05) is 12.3 Å². The van der Waals surface area contributed by atoms with Gasteiger partial charge < -0.3 is 5.32 Å². The van der Waals surface area contributed by atoms with E-state index in [1.54, 1.807) is 6.20 Å². The van der Waals surface area contributed by atoms with E-state index in [0.29, 0.717) is 5.92 Å². The summed E-state index contributed by atoms with van der Waals surface area (Å²) in [5, 5.41) is 3.73. The van der Waals surface area contributed by atoms with Crippen molar-refractivity contribution in [2.45, 2.75) is 66.8 Å². The minimum absolute atomic E-state index is 0.00418. The van der Waals surface area contributed by atoms with Gasteiger partial charge >= 0.3 is 0 Å². The van der Waals surface area contributed by atoms with Gasteiger partial charge in [-0.05, 0) is 44.1 Å². The van der Waals surface area contributed by atoms with E-state index >= 15 is 0 Å². The standard InChI is InChI=1S/C18H30N4/c1-13(2)11-14-15(21-18(6,7)12-17(3,4)5)22-10-8-9-19-16(22)20-14/h8-10,13,21H,11-12H2,1-7H3. The Labute approximate surface area is 134 Å². The summed E-state index contributed by atoms with van der Waals surface area (Å²) >= 11 is 0. The lowest BCUT2D eigenvalue weighted by molar-refractivity contribution is 0.301. The Morgan fingerprint density at radius 3 is 2.45 bits per heavy atom. The SMILES string of the molecule is CC(C)Cc1nc2ncccn2c1NC(C)(C)CC(C)(C)C. The van der Waals surface area contributed by atoms with Crippen molar-refractivity contribution in [2.75, 3.05) is 5.32 Å². The second-order valence-corrected chi connectivity index (χ2v) is 8.54. The fourth-order valence-electron chi connectivity index (χ4n) is 3.29. The maximum Gasteiger partial charge on any atom is 0.235 e. The molecule has 0 saturated heterocycles. The predicted molar refractivity (Wildman–Crippen MR) is 93.3 cm³/mol. The Morgan fingerprint density at radius 1 is 1.18 bits per heavy atom. The Morgan fingerprint density at radius 2 is 1.86 bits per heavy atom. The quantitative estimate of drug-likeness (QED) is 0.880. The normalized spacial score (nSPS) is 13.1. The number of nitrogens with one attached hydrogen (secondary N) is 1. The molecule has 2 heterocycles. The van der Waals surface area contributed by atoms with Crippen LogP contribution in [0.4, 0.5) is 5.82 Å². The lowest BCUT2D eigenvalue weighted by Crippen LogP contribution is -2.36. The summed E-state index contributed by atoms with van der Waals surface area (Å²) < 4.78 is 2.07. The van der Waals surface area contributed by atoms with Crippen LogP contribution in [0.5, 0.6) is 0 Å². The number of fused-ring (bicyclic) bond motifs is 1. The molecule has 4 heteroatoms. The van der Waals surface area contributed by atoms with Crippen LogP contribution < -0.4 is 5.32 Å². The van der Waals surface area contributed by atoms with E-state index in [-0.39, 0.29) is 11.0 Å². The van der Waals surface area contributed by atoms with E-state index in [1.165, 1.54) is 0 Å². The number of hydrogen-bond acceptors (Lipinski definition) is 3. The molecule has 0 amide bonds. The molecule has 122 valence electrons. The van der Waals surface area contributed by atoms with E-state index in [9.17, 15) is 0 Å². The third-order valence-electron chi connectivity index (χ3n) is 3.51. The van der Waals surface area contributed by atoms with Crippen LogP contribution >= 0.6 is 0 Å². The van der Waals surface area contributed by atoms with Gasteiger partial charge in [0.1, 0.15) is 5.82 Å². The van der Waals surface area contributed by atoms with Gasteiger partial charge in [0.2, 0.25) is 5.78 Å².